The number of amides is 8. The maximum atomic E-state index is 12.5. The Morgan fingerprint density at radius 3 is 1.26 bits per heavy atom. The molecule has 0 saturated carbocycles. The lowest BCUT2D eigenvalue weighted by Crippen LogP contribution is -2.50. The average molecular weight is 1500 g/mol. The molecule has 3 aromatic rings. The van der Waals surface area contributed by atoms with Crippen LogP contribution in [-0.2, 0) is 58.1 Å². The fourth-order valence-corrected chi connectivity index (χ4v) is 13.7. The second-order valence-corrected chi connectivity index (χ2v) is 30.5. The van der Waals surface area contributed by atoms with Crippen molar-refractivity contribution in [3.05, 3.63) is 35.3 Å². The molecule has 5 N–H and O–H groups in total. The fourth-order valence-electron chi connectivity index (χ4n) is 12.9. The van der Waals surface area contributed by atoms with E-state index in [2.05, 4.69) is 72.2 Å². The molecule has 0 spiro atoms. The van der Waals surface area contributed by atoms with Crippen molar-refractivity contribution in [1.29, 1.82) is 0 Å². The number of fused-ring (bicyclic) bond motifs is 6. The lowest BCUT2D eigenvalue weighted by atomic mass is 10.0. The van der Waals surface area contributed by atoms with Crippen LogP contribution in [0.4, 0.5) is 24.0 Å². The Balaban J connectivity index is 0.000000252. The summed E-state index contributed by atoms with van der Waals surface area (Å²) in [5.41, 5.74) is 4.23. The van der Waals surface area contributed by atoms with E-state index in [1.807, 2.05) is 34.6 Å². The summed E-state index contributed by atoms with van der Waals surface area (Å²) in [7, 11) is -9.82. The van der Waals surface area contributed by atoms with Gasteiger partial charge < -0.3 is 67.3 Å². The number of urea groups is 3. The van der Waals surface area contributed by atoms with Gasteiger partial charge in [-0.05, 0) is 119 Å². The molecule has 0 unspecified atom stereocenters. The van der Waals surface area contributed by atoms with Gasteiger partial charge in [-0.3, -0.25) is 9.76 Å². The Morgan fingerprint density at radius 2 is 0.913 bits per heavy atom. The number of nitrogens with two attached hydrogens (primary N) is 1. The predicted octanol–water partition coefficient (Wildman–Crippen LogP) is 8.66. The third kappa shape index (κ3) is 26.4. The van der Waals surface area contributed by atoms with E-state index in [4.69, 9.17) is 33.0 Å². The molecular formula is C65H117N17O19S2. The molecule has 36 nitrogen and oxygen atoms in total. The molecule has 38 heteroatoms. The number of nitrogens with zero attached hydrogens (tertiary/aromatic N) is 15. The lowest BCUT2D eigenvalue weighted by molar-refractivity contribution is -0.929. The van der Waals surface area contributed by atoms with Crippen LogP contribution >= 0.6 is 0 Å². The van der Waals surface area contributed by atoms with Gasteiger partial charge in [-0.1, -0.05) is 74.7 Å². The third-order valence-electron chi connectivity index (χ3n) is 17.9. The van der Waals surface area contributed by atoms with Crippen molar-refractivity contribution in [3.8, 4) is 0 Å². The van der Waals surface area contributed by atoms with Gasteiger partial charge in [0.15, 0.2) is 0 Å². The molecule has 588 valence electrons. The molecule has 6 aliphatic heterocycles. The van der Waals surface area contributed by atoms with Crippen molar-refractivity contribution in [2.75, 3.05) is 91.6 Å². The van der Waals surface area contributed by atoms with Crippen molar-refractivity contribution >= 4 is 51.1 Å². The van der Waals surface area contributed by atoms with Crippen LogP contribution in [0.15, 0.2) is 13.3 Å². The number of hydrogen-bond acceptors (Lipinski definition) is 26. The van der Waals surface area contributed by atoms with Crippen molar-refractivity contribution in [2.24, 2.45) is 5.73 Å². The number of quaternary nitrogens is 1. The van der Waals surface area contributed by atoms with Gasteiger partial charge in [0, 0.05) is 84.7 Å². The highest BCUT2D eigenvalue weighted by molar-refractivity contribution is 7.81. The first kappa shape index (κ1) is 87.0. The SMILES string of the molecule is C.CCCC[N+](CCCC)(CCCC)CCCC.CCCN(CCc1nnc([C@@H]2CC[C@@H]3CN2C(=O)N3O)o1)C(=O)OC(C)(C)C.CCCN(CCc1nnc([C@@H]2CC[C@@H]3CN2C(=O)N3OS(=O)(=O)[O-])o1)C(=O)OC(C)(C)C.NCCNCCc1nnc([C@@H]2CC[C@@H]3CN2C(=O)N3OS(=O)(=O)O)o1. The second kappa shape index (κ2) is 40.2. The van der Waals surface area contributed by atoms with Crippen LogP contribution in [0, 0.1) is 0 Å². The minimum absolute atomic E-state index is 0. The summed E-state index contributed by atoms with van der Waals surface area (Å²) in [5.74, 6) is 2.03. The molecule has 6 saturated heterocycles. The van der Waals surface area contributed by atoms with Gasteiger partial charge in [-0.15, -0.1) is 34.9 Å². The number of unbranched alkanes of at least 4 members (excludes halogenated alkanes) is 4. The Labute approximate surface area is 607 Å². The number of hydroxylamine groups is 6. The maximum Gasteiger partial charge on any atom is 0.418 e. The Bertz CT molecular complexity index is 3310. The topological polar surface area (TPSA) is 435 Å². The molecule has 6 atom stereocenters. The third-order valence-corrected chi connectivity index (χ3v) is 18.6. The van der Waals surface area contributed by atoms with Crippen LogP contribution in [0.2, 0.25) is 0 Å². The first-order valence-electron chi connectivity index (χ1n) is 36.2. The van der Waals surface area contributed by atoms with E-state index in [9.17, 15) is 50.6 Å². The monoisotopic (exact) mass is 1500 g/mol. The highest BCUT2D eigenvalue weighted by Gasteiger charge is 2.51. The predicted molar refractivity (Wildman–Crippen MR) is 373 cm³/mol. The Kier molecular flexibility index (Phi) is 33.9. The zero-order chi connectivity index (χ0) is 75.2. The van der Waals surface area contributed by atoms with Gasteiger partial charge >= 0.3 is 40.7 Å². The maximum absolute atomic E-state index is 12.5. The number of rotatable bonds is 34. The largest absolute Gasteiger partial charge is 0.724 e. The van der Waals surface area contributed by atoms with Gasteiger partial charge in [0.1, 0.15) is 29.3 Å². The normalized spacial score (nSPS) is 20.3. The average Bonchev–Trinajstić information content (AvgIpc) is 1.63. The number of ether oxygens (including phenoxy) is 2. The molecule has 9 rings (SSSR count). The van der Waals surface area contributed by atoms with Crippen LogP contribution in [0.3, 0.4) is 0 Å². The van der Waals surface area contributed by atoms with E-state index in [1.54, 1.807) is 35.5 Å². The minimum atomic E-state index is -5.06. The summed E-state index contributed by atoms with van der Waals surface area (Å²) in [6.45, 7) is 34.5. The molecule has 9 heterocycles. The van der Waals surface area contributed by atoms with Gasteiger partial charge in [0.2, 0.25) is 45.7 Å². The van der Waals surface area contributed by atoms with Crippen molar-refractivity contribution in [3.63, 3.8) is 0 Å². The summed E-state index contributed by atoms with van der Waals surface area (Å²) in [4.78, 5) is 69.2. The van der Waals surface area contributed by atoms with E-state index in [-0.39, 0.29) is 44.6 Å². The van der Waals surface area contributed by atoms with Gasteiger partial charge in [-0.25, -0.2) is 37.5 Å². The second-order valence-electron chi connectivity index (χ2n) is 28.5. The Hall–Kier alpha value is -6.65. The van der Waals surface area contributed by atoms with Crippen LogP contribution < -0.4 is 11.1 Å². The van der Waals surface area contributed by atoms with E-state index >= 15 is 0 Å². The smallest absolute Gasteiger partial charge is 0.418 e. The molecule has 103 heavy (non-hydrogen) atoms. The van der Waals surface area contributed by atoms with Crippen LogP contribution in [-0.4, -0.2) is 257 Å². The number of aromatic nitrogens is 6. The number of hydrogen-bond donors (Lipinski definition) is 4. The molecule has 0 aromatic carbocycles. The molecular weight excluding hydrogens is 1390 g/mol. The van der Waals surface area contributed by atoms with Gasteiger partial charge in [-0.2, -0.15) is 22.8 Å². The highest BCUT2D eigenvalue weighted by atomic mass is 32.3. The van der Waals surface area contributed by atoms with Crippen molar-refractivity contribution in [2.45, 2.75) is 260 Å². The first-order valence-corrected chi connectivity index (χ1v) is 38.9. The Morgan fingerprint density at radius 1 is 0.553 bits per heavy atom. The molecule has 3 aromatic heterocycles. The number of piperidine rings is 3. The van der Waals surface area contributed by atoms with E-state index in [0.717, 1.165) is 17.9 Å². The number of carbonyl (C=O) groups is 5. The molecule has 8 amide bonds. The molecule has 6 fully saturated rings. The van der Waals surface area contributed by atoms with Crippen LogP contribution in [0.5, 0.6) is 0 Å². The molecule has 6 aliphatic rings. The molecule has 0 radical (unpaired) electrons. The summed E-state index contributed by atoms with van der Waals surface area (Å²) >= 11 is 0. The first-order chi connectivity index (χ1) is 48.2. The fraction of sp³-hybridized carbons (Fsp3) is 0.831. The van der Waals surface area contributed by atoms with Crippen molar-refractivity contribution < 1.29 is 90.9 Å². The van der Waals surface area contributed by atoms with E-state index < -0.39 is 80.4 Å². The zero-order valence-electron chi connectivity index (χ0n) is 61.7. The van der Waals surface area contributed by atoms with Crippen LogP contribution in [0.25, 0.3) is 0 Å². The zero-order valence-corrected chi connectivity index (χ0v) is 63.4. The van der Waals surface area contributed by atoms with E-state index in [0.29, 0.717) is 150 Å². The van der Waals surface area contributed by atoms with Crippen molar-refractivity contribution in [1.82, 2.24) is 75.6 Å². The summed E-state index contributed by atoms with van der Waals surface area (Å²) in [6.07, 6.45) is 16.3. The van der Waals surface area contributed by atoms with Gasteiger partial charge in [0.05, 0.1) is 44.3 Å². The quantitative estimate of drug-likeness (QED) is 0.0143. The van der Waals surface area contributed by atoms with Gasteiger partial charge in [0.25, 0.3) is 0 Å². The minimum Gasteiger partial charge on any atom is -0.724 e. The standard InChI is InChI=1S/C18H29N5O8S.C18H29N5O5.C16H36N.C12H20N6O6S.CH4/c1-5-9-21(17(25)30-18(2,3)4)10-8-14-19-20-15(29-14)13-7-6-12-11-22(13)16(24)23(12)31-32(26,27)28;1-5-9-21(17(25)28-18(2,3)4)10-8-14-19-20-15(27-14)13-7-6-12-11-22(13)16(24)23(12)26;1-5-9-13-17(14-10-6-2,15-11-7-3)16-12-8-4;13-4-6-14-5-3-10-15-16-11(23-10)9-2-1-8-7-17(9)12(19)18(8)24-25(20,21)22;/h12-13H,5-11H2,1-4H3,(H,26,27,28);12-13,26H,5-11H2,1-4H3;5-16H2,1-4H3;8-9,14H,1-7,13H2,(H,20,21,22);1H4/q;;+1;;/p-1/t2*12-,13+;;8-,9+;/m11.1./s1. The molecule has 6 bridgehead atoms. The number of carbonyl (C=O) groups excluding carboxylic acids is 5. The summed E-state index contributed by atoms with van der Waals surface area (Å²) < 4.78 is 101. The van der Waals surface area contributed by atoms with Crippen LogP contribution in [0.1, 0.15) is 247 Å². The molecule has 0 aliphatic carbocycles. The highest BCUT2D eigenvalue weighted by Crippen LogP contribution is 2.41. The lowest BCUT2D eigenvalue weighted by Gasteiger charge is -2.39. The summed E-state index contributed by atoms with van der Waals surface area (Å²) in [6, 6.07) is -4.30. The number of nitrogens with one attached hydrogen (secondary N) is 1. The van der Waals surface area contributed by atoms with E-state index in [1.165, 1.54) is 91.8 Å². The summed E-state index contributed by atoms with van der Waals surface area (Å²) in [5, 5.41) is 39.2.